The minimum atomic E-state index is -4.38. The van der Waals surface area contributed by atoms with Gasteiger partial charge in [-0.1, -0.05) is 30.3 Å². The third-order valence-corrected chi connectivity index (χ3v) is 5.96. The Bertz CT molecular complexity index is 1110. The molecule has 8 heteroatoms. The van der Waals surface area contributed by atoms with Crippen LogP contribution in [-0.2, 0) is 6.18 Å². The zero-order valence-corrected chi connectivity index (χ0v) is 17.6. The van der Waals surface area contributed by atoms with Crippen LogP contribution in [0.4, 0.5) is 13.2 Å². The third-order valence-electron chi connectivity index (χ3n) is 5.96. The molecule has 3 aromatic rings. The topological polar surface area (TPSA) is 65.5 Å². The van der Waals surface area contributed by atoms with Crippen molar-refractivity contribution in [2.75, 3.05) is 26.2 Å². The summed E-state index contributed by atoms with van der Waals surface area (Å²) in [5, 5.41) is 12.7. The molecule has 1 atom stereocenters. The molecule has 1 aromatic heterocycles. The summed E-state index contributed by atoms with van der Waals surface area (Å²) < 4.78 is 38.6. The van der Waals surface area contributed by atoms with Crippen LogP contribution in [0.1, 0.15) is 22.8 Å². The van der Waals surface area contributed by atoms with E-state index in [2.05, 4.69) is 15.2 Å². The lowest BCUT2D eigenvalue weighted by Crippen LogP contribution is -2.56. The van der Waals surface area contributed by atoms with Crippen LogP contribution < -0.4 is 5.32 Å². The number of nitrogens with zero attached hydrogens (tertiary/aromatic N) is 2. The molecular formula is C24H24F3N3O2. The average Bonchev–Trinajstić information content (AvgIpc) is 2.74. The van der Waals surface area contributed by atoms with E-state index >= 15 is 0 Å². The first-order chi connectivity index (χ1) is 15.3. The number of aliphatic hydroxyl groups excluding tert-OH is 1. The maximum atomic E-state index is 12.9. The molecule has 1 aliphatic heterocycles. The van der Waals surface area contributed by atoms with E-state index < -0.39 is 11.7 Å². The van der Waals surface area contributed by atoms with E-state index in [1.165, 1.54) is 18.3 Å². The van der Waals surface area contributed by atoms with Gasteiger partial charge in [0.15, 0.2) is 0 Å². The molecule has 168 valence electrons. The van der Waals surface area contributed by atoms with E-state index in [0.717, 1.165) is 30.6 Å². The molecule has 0 aliphatic carbocycles. The second kappa shape index (κ2) is 8.88. The Hall–Kier alpha value is -2.97. The molecule has 0 saturated carbocycles. The van der Waals surface area contributed by atoms with E-state index in [-0.39, 0.29) is 18.6 Å². The van der Waals surface area contributed by atoms with Crippen LogP contribution in [0.15, 0.2) is 54.7 Å². The van der Waals surface area contributed by atoms with Gasteiger partial charge < -0.3 is 15.3 Å². The van der Waals surface area contributed by atoms with Crippen LogP contribution >= 0.6 is 0 Å². The van der Waals surface area contributed by atoms with Crippen molar-refractivity contribution in [1.29, 1.82) is 0 Å². The summed E-state index contributed by atoms with van der Waals surface area (Å²) >= 11 is 0. The average molecular weight is 443 g/mol. The van der Waals surface area contributed by atoms with E-state index in [9.17, 15) is 18.0 Å². The van der Waals surface area contributed by atoms with Crippen molar-refractivity contribution in [3.63, 3.8) is 0 Å². The van der Waals surface area contributed by atoms with E-state index in [4.69, 9.17) is 5.11 Å². The van der Waals surface area contributed by atoms with Crippen molar-refractivity contribution in [3.8, 4) is 11.1 Å². The van der Waals surface area contributed by atoms with Crippen molar-refractivity contribution in [3.05, 3.63) is 65.9 Å². The van der Waals surface area contributed by atoms with Gasteiger partial charge in [-0.15, -0.1) is 0 Å². The van der Waals surface area contributed by atoms with Gasteiger partial charge in [0.1, 0.15) is 0 Å². The molecule has 32 heavy (non-hydrogen) atoms. The number of carbonyl (C=O) groups is 1. The lowest BCUT2D eigenvalue weighted by molar-refractivity contribution is -0.137. The molecular weight excluding hydrogens is 419 g/mol. The number of rotatable bonds is 6. The van der Waals surface area contributed by atoms with Crippen molar-refractivity contribution < 1.29 is 23.1 Å². The van der Waals surface area contributed by atoms with Crippen molar-refractivity contribution in [1.82, 2.24) is 15.2 Å². The number of amides is 1. The summed E-state index contributed by atoms with van der Waals surface area (Å²) in [5.41, 5.74) is 1.68. The second-order valence-corrected chi connectivity index (χ2v) is 8.18. The van der Waals surface area contributed by atoms with Gasteiger partial charge >= 0.3 is 6.18 Å². The Labute approximate surface area is 183 Å². The number of alkyl halides is 3. The number of hydrogen-bond donors (Lipinski definition) is 2. The quantitative estimate of drug-likeness (QED) is 0.605. The first-order valence-corrected chi connectivity index (χ1v) is 10.5. The molecule has 4 rings (SSSR count). The van der Waals surface area contributed by atoms with Crippen LogP contribution in [0.5, 0.6) is 0 Å². The maximum Gasteiger partial charge on any atom is 0.416 e. The number of aromatic nitrogens is 1. The van der Waals surface area contributed by atoms with Crippen molar-refractivity contribution in [2.24, 2.45) is 5.92 Å². The summed E-state index contributed by atoms with van der Waals surface area (Å²) in [7, 11) is 0. The van der Waals surface area contributed by atoms with Gasteiger partial charge in [-0.05, 0) is 30.7 Å². The number of halogens is 3. The summed E-state index contributed by atoms with van der Waals surface area (Å²) in [6.45, 7) is 4.43. The molecule has 2 N–H and O–H groups in total. The van der Waals surface area contributed by atoms with Gasteiger partial charge in [-0.3, -0.25) is 9.78 Å². The molecule has 5 nitrogen and oxygen atoms in total. The third kappa shape index (κ3) is 4.61. The number of para-hydroxylation sites is 1. The predicted molar refractivity (Wildman–Crippen MR) is 116 cm³/mol. The van der Waals surface area contributed by atoms with Crippen molar-refractivity contribution >= 4 is 16.8 Å². The smallest absolute Gasteiger partial charge is 0.395 e. The van der Waals surface area contributed by atoms with Gasteiger partial charge in [0, 0.05) is 48.7 Å². The Morgan fingerprint density at radius 1 is 1.22 bits per heavy atom. The number of carbonyl (C=O) groups excluding carboxylic acids is 1. The van der Waals surface area contributed by atoms with Gasteiger partial charge in [-0.25, -0.2) is 0 Å². The highest BCUT2D eigenvalue weighted by Gasteiger charge is 2.32. The number of nitrogens with one attached hydrogen (secondary N) is 1. The number of pyridine rings is 1. The van der Waals surface area contributed by atoms with Crippen LogP contribution in [0.3, 0.4) is 0 Å². The fraction of sp³-hybridized carbons (Fsp3) is 0.333. The summed E-state index contributed by atoms with van der Waals surface area (Å²) in [5.74, 6) is 0.123. The molecule has 2 heterocycles. The Balaban J connectivity index is 1.51. The molecule has 1 saturated heterocycles. The van der Waals surface area contributed by atoms with Gasteiger partial charge in [0.2, 0.25) is 0 Å². The summed E-state index contributed by atoms with van der Waals surface area (Å²) in [4.78, 5) is 19.3. The minimum Gasteiger partial charge on any atom is -0.395 e. The largest absolute Gasteiger partial charge is 0.416 e. The number of benzene rings is 2. The van der Waals surface area contributed by atoms with Gasteiger partial charge in [-0.2, -0.15) is 13.2 Å². The fourth-order valence-corrected chi connectivity index (χ4v) is 4.01. The standard InChI is InChI=1S/C24H24F3N3O2/c1-15(19-13-30(14-19)9-10-31)29-23(32)18-11-17-3-2-4-21(22(17)28-12-18)16-5-7-20(8-6-16)24(25,26)27/h2-8,11-12,15,19,31H,9-10,13-14H2,1H3,(H,29,32)/t15-/m0/s1. The van der Waals surface area contributed by atoms with Crippen LogP contribution in [0.25, 0.3) is 22.0 Å². The van der Waals surface area contributed by atoms with Crippen LogP contribution in [0, 0.1) is 5.92 Å². The summed E-state index contributed by atoms with van der Waals surface area (Å²) in [6.07, 6.45) is -2.89. The number of aliphatic hydroxyl groups is 1. The molecule has 1 aliphatic rings. The maximum absolute atomic E-state index is 12.9. The fourth-order valence-electron chi connectivity index (χ4n) is 4.01. The summed E-state index contributed by atoms with van der Waals surface area (Å²) in [6, 6.07) is 12.1. The number of hydrogen-bond acceptors (Lipinski definition) is 4. The van der Waals surface area contributed by atoms with E-state index in [0.29, 0.717) is 34.7 Å². The molecule has 0 bridgehead atoms. The molecule has 0 radical (unpaired) electrons. The SMILES string of the molecule is C[C@H](NC(=O)c1cnc2c(-c3ccc(C(F)(F)F)cc3)cccc2c1)C1CN(CCO)C1. The zero-order valence-electron chi connectivity index (χ0n) is 17.6. The monoisotopic (exact) mass is 443 g/mol. The van der Waals surface area contributed by atoms with E-state index in [1.54, 1.807) is 18.2 Å². The number of likely N-dealkylation sites (tertiary alicyclic amines) is 1. The Kier molecular flexibility index (Phi) is 6.17. The minimum absolute atomic E-state index is 0.00776. The molecule has 0 spiro atoms. The van der Waals surface area contributed by atoms with Gasteiger partial charge in [0.25, 0.3) is 5.91 Å². The Morgan fingerprint density at radius 2 is 1.94 bits per heavy atom. The lowest BCUT2D eigenvalue weighted by atomic mass is 9.92. The highest BCUT2D eigenvalue weighted by molar-refractivity contribution is 6.00. The molecule has 1 fully saturated rings. The van der Waals surface area contributed by atoms with Gasteiger partial charge in [0.05, 0.1) is 23.3 Å². The molecule has 2 aromatic carbocycles. The van der Waals surface area contributed by atoms with E-state index in [1.807, 2.05) is 13.0 Å². The van der Waals surface area contributed by atoms with Crippen LogP contribution in [-0.4, -0.2) is 53.2 Å². The highest BCUT2D eigenvalue weighted by atomic mass is 19.4. The Morgan fingerprint density at radius 3 is 2.59 bits per heavy atom. The highest BCUT2D eigenvalue weighted by Crippen LogP contribution is 2.33. The molecule has 0 unspecified atom stereocenters. The predicted octanol–water partition coefficient (Wildman–Crippen LogP) is 3.96. The lowest BCUT2D eigenvalue weighted by Gasteiger charge is -2.42. The first-order valence-electron chi connectivity index (χ1n) is 10.5. The van der Waals surface area contributed by atoms with Crippen molar-refractivity contribution in [2.45, 2.75) is 19.1 Å². The number of β-amino-alcohol motifs (C(OH)–C–C–N with tert-alkyl or cyclic N) is 1. The molecule has 1 amide bonds. The van der Waals surface area contributed by atoms with Crippen LogP contribution in [0.2, 0.25) is 0 Å². The number of fused-ring (bicyclic) bond motifs is 1. The second-order valence-electron chi connectivity index (χ2n) is 8.18. The first kappa shape index (κ1) is 22.2. The normalized spacial score (nSPS) is 16.0. The zero-order chi connectivity index (χ0) is 22.9.